The molecule has 1 aromatic carbocycles. The molecular formula is C17H18N2O2. The van der Waals surface area contributed by atoms with Gasteiger partial charge in [-0.25, -0.2) is 0 Å². The van der Waals surface area contributed by atoms with Crippen molar-refractivity contribution in [1.29, 1.82) is 0 Å². The number of hydrogen-bond donors (Lipinski definition) is 0. The van der Waals surface area contributed by atoms with Gasteiger partial charge < -0.3 is 9.42 Å². The average Bonchev–Trinajstić information content (AvgIpc) is 2.98. The summed E-state index contributed by atoms with van der Waals surface area (Å²) in [6.07, 6.45) is 6.11. The fourth-order valence-electron chi connectivity index (χ4n) is 3.43. The second kappa shape index (κ2) is 5.02. The number of amides is 1. The summed E-state index contributed by atoms with van der Waals surface area (Å²) in [5, 5.41) is 4.08. The Hall–Kier alpha value is -2.10. The first-order valence-corrected chi connectivity index (χ1v) is 7.72. The predicted molar refractivity (Wildman–Crippen MR) is 79.6 cm³/mol. The smallest absolute Gasteiger partial charge is 0.280 e. The molecule has 0 fully saturated rings. The Kier molecular flexibility index (Phi) is 3.02. The molecule has 0 bridgehead atoms. The first-order chi connectivity index (χ1) is 10.3. The molecule has 21 heavy (non-hydrogen) atoms. The summed E-state index contributed by atoms with van der Waals surface area (Å²) >= 11 is 0. The number of fused-ring (bicyclic) bond motifs is 2. The van der Waals surface area contributed by atoms with E-state index in [1.54, 1.807) is 0 Å². The summed E-state index contributed by atoms with van der Waals surface area (Å²) in [6, 6.07) is 8.15. The molecule has 0 N–H and O–H groups in total. The monoisotopic (exact) mass is 282 g/mol. The van der Waals surface area contributed by atoms with E-state index in [2.05, 4.69) is 11.2 Å². The predicted octanol–water partition coefficient (Wildman–Crippen LogP) is 3.15. The molecule has 1 aliphatic heterocycles. The van der Waals surface area contributed by atoms with Crippen LogP contribution in [0.2, 0.25) is 0 Å². The lowest BCUT2D eigenvalue weighted by Gasteiger charge is -2.29. The van der Waals surface area contributed by atoms with Gasteiger partial charge in [0.25, 0.3) is 5.91 Å². The van der Waals surface area contributed by atoms with Crippen molar-refractivity contribution >= 4 is 11.6 Å². The molecule has 4 nitrogen and oxygen atoms in total. The van der Waals surface area contributed by atoms with E-state index in [0.717, 1.165) is 62.1 Å². The average molecular weight is 282 g/mol. The second-order valence-electron chi connectivity index (χ2n) is 5.83. The van der Waals surface area contributed by atoms with E-state index in [1.165, 1.54) is 5.56 Å². The summed E-state index contributed by atoms with van der Waals surface area (Å²) < 4.78 is 5.39. The summed E-state index contributed by atoms with van der Waals surface area (Å²) in [5.74, 6) is 0.906. The van der Waals surface area contributed by atoms with Crippen LogP contribution in [-0.2, 0) is 19.3 Å². The maximum absolute atomic E-state index is 12.9. The Morgan fingerprint density at radius 2 is 1.95 bits per heavy atom. The van der Waals surface area contributed by atoms with Crippen LogP contribution in [0.15, 0.2) is 28.8 Å². The lowest BCUT2D eigenvalue weighted by Crippen LogP contribution is -2.36. The van der Waals surface area contributed by atoms with Gasteiger partial charge in [0.15, 0.2) is 5.69 Å². The van der Waals surface area contributed by atoms with E-state index < -0.39 is 0 Å². The largest absolute Gasteiger partial charge is 0.360 e. The van der Waals surface area contributed by atoms with Crippen molar-refractivity contribution in [3.05, 3.63) is 46.8 Å². The van der Waals surface area contributed by atoms with E-state index in [0.29, 0.717) is 5.69 Å². The standard InChI is InChI=1S/C17H18N2O2/c20-17(16-13-8-2-4-10-15(13)21-18-16)19-11-5-7-12-6-1-3-9-14(12)19/h1,3,6,9H,2,4-5,7-8,10-11H2. The molecule has 2 aromatic rings. The minimum atomic E-state index is -0.00551. The number of para-hydroxylation sites is 1. The molecule has 0 atom stereocenters. The summed E-state index contributed by atoms with van der Waals surface area (Å²) in [5.41, 5.74) is 3.84. The molecule has 1 aromatic heterocycles. The van der Waals surface area contributed by atoms with E-state index in [4.69, 9.17) is 4.52 Å². The summed E-state index contributed by atoms with van der Waals surface area (Å²) in [4.78, 5) is 14.8. The van der Waals surface area contributed by atoms with Gasteiger partial charge in [0, 0.05) is 24.2 Å². The van der Waals surface area contributed by atoms with Crippen molar-refractivity contribution in [3.63, 3.8) is 0 Å². The second-order valence-corrected chi connectivity index (χ2v) is 5.83. The van der Waals surface area contributed by atoms with Crippen molar-refractivity contribution < 1.29 is 9.32 Å². The van der Waals surface area contributed by atoms with Crippen LogP contribution in [0.1, 0.15) is 46.6 Å². The van der Waals surface area contributed by atoms with Crippen LogP contribution in [0.4, 0.5) is 5.69 Å². The van der Waals surface area contributed by atoms with Gasteiger partial charge >= 0.3 is 0 Å². The van der Waals surface area contributed by atoms with Crippen molar-refractivity contribution in [2.75, 3.05) is 11.4 Å². The molecule has 0 saturated heterocycles. The number of nitrogens with zero attached hydrogens (tertiary/aromatic N) is 2. The molecular weight excluding hydrogens is 264 g/mol. The van der Waals surface area contributed by atoms with Crippen LogP contribution in [0, 0.1) is 0 Å². The number of benzene rings is 1. The van der Waals surface area contributed by atoms with Crippen LogP contribution in [0.5, 0.6) is 0 Å². The summed E-state index contributed by atoms with van der Waals surface area (Å²) in [7, 11) is 0. The molecule has 1 amide bonds. The van der Waals surface area contributed by atoms with E-state index >= 15 is 0 Å². The lowest BCUT2D eigenvalue weighted by atomic mass is 9.95. The fraction of sp³-hybridized carbons (Fsp3) is 0.412. The molecule has 1 aliphatic carbocycles. The Labute approximate surface area is 123 Å². The number of carbonyl (C=O) groups excluding carboxylic acids is 1. The van der Waals surface area contributed by atoms with Gasteiger partial charge in [-0.05, 0) is 43.7 Å². The minimum Gasteiger partial charge on any atom is -0.360 e. The van der Waals surface area contributed by atoms with E-state index in [-0.39, 0.29) is 5.91 Å². The van der Waals surface area contributed by atoms with Gasteiger partial charge in [-0.2, -0.15) is 0 Å². The number of aryl methyl sites for hydroxylation is 2. The first kappa shape index (κ1) is 12.6. The van der Waals surface area contributed by atoms with Crippen LogP contribution >= 0.6 is 0 Å². The number of aromatic nitrogens is 1. The van der Waals surface area contributed by atoms with Crippen LogP contribution in [0.3, 0.4) is 0 Å². The first-order valence-electron chi connectivity index (χ1n) is 7.72. The number of hydrogen-bond acceptors (Lipinski definition) is 3. The highest BCUT2D eigenvalue weighted by atomic mass is 16.5. The molecule has 4 rings (SSSR count). The zero-order valence-corrected chi connectivity index (χ0v) is 12.0. The van der Waals surface area contributed by atoms with Crippen LogP contribution in [-0.4, -0.2) is 17.6 Å². The Balaban J connectivity index is 1.71. The van der Waals surface area contributed by atoms with Gasteiger partial charge in [0.1, 0.15) is 5.76 Å². The molecule has 0 radical (unpaired) electrons. The lowest BCUT2D eigenvalue weighted by molar-refractivity contribution is 0.0975. The van der Waals surface area contributed by atoms with Gasteiger partial charge in [-0.15, -0.1) is 0 Å². The molecule has 108 valence electrons. The maximum Gasteiger partial charge on any atom is 0.280 e. The van der Waals surface area contributed by atoms with Gasteiger partial charge in [-0.3, -0.25) is 4.79 Å². The topological polar surface area (TPSA) is 46.3 Å². The minimum absolute atomic E-state index is 0.00551. The van der Waals surface area contributed by atoms with Crippen LogP contribution in [0.25, 0.3) is 0 Å². The highest BCUT2D eigenvalue weighted by molar-refractivity contribution is 6.06. The number of rotatable bonds is 1. The third-order valence-electron chi connectivity index (χ3n) is 4.51. The fourth-order valence-corrected chi connectivity index (χ4v) is 3.43. The zero-order valence-electron chi connectivity index (χ0n) is 12.0. The SMILES string of the molecule is O=C(c1noc2c1CCCC2)N1CCCc2ccccc21. The van der Waals surface area contributed by atoms with Gasteiger partial charge in [-0.1, -0.05) is 23.4 Å². The molecule has 0 unspecified atom stereocenters. The Bertz CT molecular complexity index is 690. The third-order valence-corrected chi connectivity index (χ3v) is 4.51. The van der Waals surface area contributed by atoms with Crippen molar-refractivity contribution in [2.45, 2.75) is 38.5 Å². The van der Waals surface area contributed by atoms with E-state index in [9.17, 15) is 4.79 Å². The molecule has 4 heteroatoms. The number of carbonyl (C=O) groups is 1. The normalized spacial score (nSPS) is 17.2. The van der Waals surface area contributed by atoms with Crippen molar-refractivity contribution in [1.82, 2.24) is 5.16 Å². The zero-order chi connectivity index (χ0) is 14.2. The molecule has 0 spiro atoms. The van der Waals surface area contributed by atoms with Gasteiger partial charge in [0.05, 0.1) is 0 Å². The highest BCUT2D eigenvalue weighted by Gasteiger charge is 2.30. The highest BCUT2D eigenvalue weighted by Crippen LogP contribution is 2.30. The van der Waals surface area contributed by atoms with Gasteiger partial charge in [0.2, 0.25) is 0 Å². The quantitative estimate of drug-likeness (QED) is 0.807. The summed E-state index contributed by atoms with van der Waals surface area (Å²) in [6.45, 7) is 0.761. The Morgan fingerprint density at radius 1 is 1.10 bits per heavy atom. The molecule has 2 heterocycles. The maximum atomic E-state index is 12.9. The van der Waals surface area contributed by atoms with E-state index in [1.807, 2.05) is 23.1 Å². The third kappa shape index (κ3) is 2.06. The number of anilines is 1. The molecule has 0 saturated carbocycles. The molecule has 2 aliphatic rings. The van der Waals surface area contributed by atoms with Crippen molar-refractivity contribution in [2.24, 2.45) is 0 Å². The Morgan fingerprint density at radius 3 is 2.90 bits per heavy atom. The van der Waals surface area contributed by atoms with Crippen LogP contribution < -0.4 is 4.90 Å². The van der Waals surface area contributed by atoms with Crippen molar-refractivity contribution in [3.8, 4) is 0 Å².